The summed E-state index contributed by atoms with van der Waals surface area (Å²) in [5.74, 6) is 1.59. The van der Waals surface area contributed by atoms with Crippen molar-refractivity contribution in [2.45, 2.75) is 32.9 Å². The number of rotatable bonds is 3. The van der Waals surface area contributed by atoms with Gasteiger partial charge in [-0.05, 0) is 38.8 Å². The van der Waals surface area contributed by atoms with Crippen LogP contribution in [0.1, 0.15) is 30.1 Å². The summed E-state index contributed by atoms with van der Waals surface area (Å²) in [6, 6.07) is 0. The van der Waals surface area contributed by atoms with E-state index in [-0.39, 0.29) is 0 Å². The maximum Gasteiger partial charge on any atom is 0.133 e. The zero-order valence-electron chi connectivity index (χ0n) is 9.15. The minimum Gasteiger partial charge on any atom is -0.346 e. The minimum atomic E-state index is -0.467. The molecule has 0 aliphatic carbocycles. The van der Waals surface area contributed by atoms with E-state index in [0.717, 1.165) is 31.0 Å². The Morgan fingerprint density at radius 2 is 2.40 bits per heavy atom. The minimum absolute atomic E-state index is 0.467. The highest BCUT2D eigenvalue weighted by Crippen LogP contribution is 2.16. The second-order valence-electron chi connectivity index (χ2n) is 4.31. The van der Waals surface area contributed by atoms with Crippen molar-refractivity contribution in [2.24, 2.45) is 5.92 Å². The lowest BCUT2D eigenvalue weighted by molar-refractivity contribution is 0.371. The van der Waals surface area contributed by atoms with Gasteiger partial charge in [0.2, 0.25) is 0 Å². The Kier molecular flexibility index (Phi) is 3.36. The number of hydrogen-bond donors (Lipinski definition) is 2. The van der Waals surface area contributed by atoms with E-state index in [0.29, 0.717) is 11.6 Å². The van der Waals surface area contributed by atoms with E-state index >= 15 is 0 Å². The van der Waals surface area contributed by atoms with Gasteiger partial charge in [0, 0.05) is 12.1 Å². The largest absolute Gasteiger partial charge is 0.346 e. The molecule has 1 unspecified atom stereocenters. The molecule has 0 saturated carbocycles. The van der Waals surface area contributed by atoms with E-state index in [1.54, 1.807) is 0 Å². The van der Waals surface area contributed by atoms with E-state index in [9.17, 15) is 4.39 Å². The van der Waals surface area contributed by atoms with Gasteiger partial charge in [-0.2, -0.15) is 0 Å². The number of imidazole rings is 1. The average molecular weight is 211 g/mol. The van der Waals surface area contributed by atoms with Gasteiger partial charge in [0.15, 0.2) is 0 Å². The fourth-order valence-corrected chi connectivity index (χ4v) is 2.16. The Hall–Kier alpha value is -0.900. The van der Waals surface area contributed by atoms with Crippen LogP contribution in [-0.2, 0) is 13.1 Å². The summed E-state index contributed by atoms with van der Waals surface area (Å²) in [5.41, 5.74) is 1.44. The van der Waals surface area contributed by atoms with Gasteiger partial charge in [0.05, 0.1) is 5.69 Å². The Bertz CT molecular complexity index is 316. The molecule has 0 bridgehead atoms. The topological polar surface area (TPSA) is 40.7 Å². The van der Waals surface area contributed by atoms with Crippen LogP contribution < -0.4 is 5.32 Å². The monoisotopic (exact) mass is 211 g/mol. The first-order chi connectivity index (χ1) is 7.29. The molecule has 0 aromatic carbocycles. The number of aryl methyl sites for hydroxylation is 1. The molecule has 1 aromatic rings. The zero-order valence-corrected chi connectivity index (χ0v) is 9.15. The lowest BCUT2D eigenvalue weighted by atomic mass is 9.96. The number of halogens is 1. The second-order valence-corrected chi connectivity index (χ2v) is 4.31. The van der Waals surface area contributed by atoms with Gasteiger partial charge >= 0.3 is 0 Å². The first-order valence-electron chi connectivity index (χ1n) is 5.60. The van der Waals surface area contributed by atoms with Crippen molar-refractivity contribution in [2.75, 3.05) is 13.1 Å². The van der Waals surface area contributed by atoms with Gasteiger partial charge in [-0.1, -0.05) is 0 Å². The van der Waals surface area contributed by atoms with Crippen molar-refractivity contribution in [1.29, 1.82) is 0 Å². The van der Waals surface area contributed by atoms with Crippen LogP contribution in [0.5, 0.6) is 0 Å². The summed E-state index contributed by atoms with van der Waals surface area (Å²) in [4.78, 5) is 7.43. The highest BCUT2D eigenvalue weighted by Gasteiger charge is 2.16. The second kappa shape index (κ2) is 4.75. The zero-order chi connectivity index (χ0) is 10.7. The number of aromatic nitrogens is 2. The fourth-order valence-electron chi connectivity index (χ4n) is 2.16. The number of nitrogens with one attached hydrogen (secondary N) is 2. The standard InChI is InChI=1S/C11H18FN3/c1-8-10(6-12)15-11(14-8)5-9-3-2-4-13-7-9/h9,13H,2-7H2,1H3,(H,14,15). The molecule has 0 radical (unpaired) electrons. The first kappa shape index (κ1) is 10.6. The van der Waals surface area contributed by atoms with Gasteiger partial charge in [0.25, 0.3) is 0 Å². The lowest BCUT2D eigenvalue weighted by Gasteiger charge is -2.21. The van der Waals surface area contributed by atoms with Crippen LogP contribution >= 0.6 is 0 Å². The highest BCUT2D eigenvalue weighted by molar-refractivity contribution is 5.12. The van der Waals surface area contributed by atoms with Crippen molar-refractivity contribution in [3.63, 3.8) is 0 Å². The van der Waals surface area contributed by atoms with Crippen LogP contribution in [0, 0.1) is 12.8 Å². The summed E-state index contributed by atoms with van der Waals surface area (Å²) in [5, 5.41) is 3.37. The van der Waals surface area contributed by atoms with Crippen LogP contribution in [0.15, 0.2) is 0 Å². The third kappa shape index (κ3) is 2.56. The van der Waals surface area contributed by atoms with Crippen molar-refractivity contribution < 1.29 is 4.39 Å². The number of H-pyrrole nitrogens is 1. The molecule has 2 N–H and O–H groups in total. The van der Waals surface area contributed by atoms with Crippen molar-refractivity contribution >= 4 is 0 Å². The number of piperidine rings is 1. The number of aromatic amines is 1. The number of nitrogens with zero attached hydrogens (tertiary/aromatic N) is 1. The van der Waals surface area contributed by atoms with Crippen LogP contribution in [0.25, 0.3) is 0 Å². The van der Waals surface area contributed by atoms with E-state index in [1.165, 1.54) is 12.8 Å². The first-order valence-corrected chi connectivity index (χ1v) is 5.60. The molecule has 1 atom stereocenters. The molecule has 0 amide bonds. The lowest BCUT2D eigenvalue weighted by Crippen LogP contribution is -2.31. The summed E-state index contributed by atoms with van der Waals surface area (Å²) >= 11 is 0. The number of alkyl halides is 1. The summed E-state index contributed by atoms with van der Waals surface area (Å²) in [6.45, 7) is 3.60. The Labute approximate surface area is 89.5 Å². The molecule has 0 spiro atoms. The van der Waals surface area contributed by atoms with Crippen LogP contribution in [0.2, 0.25) is 0 Å². The van der Waals surface area contributed by atoms with Crippen molar-refractivity contribution in [3.8, 4) is 0 Å². The molecule has 2 heterocycles. The predicted octanol–water partition coefficient (Wildman–Crippen LogP) is 1.73. The molecule has 1 aliphatic heterocycles. The normalized spacial score (nSPS) is 21.9. The molecular weight excluding hydrogens is 193 g/mol. The van der Waals surface area contributed by atoms with E-state index < -0.39 is 6.67 Å². The van der Waals surface area contributed by atoms with E-state index in [4.69, 9.17) is 0 Å². The van der Waals surface area contributed by atoms with Gasteiger partial charge in [-0.3, -0.25) is 0 Å². The summed E-state index contributed by atoms with van der Waals surface area (Å²) in [7, 11) is 0. The third-order valence-electron chi connectivity index (χ3n) is 3.04. The van der Waals surface area contributed by atoms with Crippen LogP contribution in [-0.4, -0.2) is 23.1 Å². The van der Waals surface area contributed by atoms with Crippen LogP contribution in [0.4, 0.5) is 4.39 Å². The summed E-state index contributed by atoms with van der Waals surface area (Å²) in [6.07, 6.45) is 3.42. The molecule has 1 aromatic heterocycles. The predicted molar refractivity (Wildman–Crippen MR) is 57.4 cm³/mol. The molecule has 84 valence electrons. The molecule has 3 nitrogen and oxygen atoms in total. The van der Waals surface area contributed by atoms with E-state index in [1.807, 2.05) is 6.92 Å². The quantitative estimate of drug-likeness (QED) is 0.799. The maximum absolute atomic E-state index is 12.5. The summed E-state index contributed by atoms with van der Waals surface area (Å²) < 4.78 is 12.5. The van der Waals surface area contributed by atoms with Crippen molar-refractivity contribution in [3.05, 3.63) is 17.2 Å². The molecule has 1 fully saturated rings. The SMILES string of the molecule is Cc1[nH]c(CC2CCCNC2)nc1CF. The smallest absolute Gasteiger partial charge is 0.133 e. The fraction of sp³-hybridized carbons (Fsp3) is 0.727. The molecule has 1 aliphatic rings. The van der Waals surface area contributed by atoms with Gasteiger partial charge in [-0.25, -0.2) is 9.37 Å². The molecule has 15 heavy (non-hydrogen) atoms. The van der Waals surface area contributed by atoms with Gasteiger partial charge < -0.3 is 10.3 Å². The third-order valence-corrected chi connectivity index (χ3v) is 3.04. The Balaban J connectivity index is 1.97. The molecule has 2 rings (SSSR count). The Morgan fingerprint density at radius 1 is 1.53 bits per heavy atom. The van der Waals surface area contributed by atoms with Gasteiger partial charge in [-0.15, -0.1) is 0 Å². The van der Waals surface area contributed by atoms with E-state index in [2.05, 4.69) is 15.3 Å². The molecular formula is C11H18FN3. The van der Waals surface area contributed by atoms with Crippen molar-refractivity contribution in [1.82, 2.24) is 15.3 Å². The maximum atomic E-state index is 12.5. The molecule has 1 saturated heterocycles. The number of hydrogen-bond acceptors (Lipinski definition) is 2. The van der Waals surface area contributed by atoms with Crippen LogP contribution in [0.3, 0.4) is 0 Å². The van der Waals surface area contributed by atoms with Gasteiger partial charge in [0.1, 0.15) is 12.5 Å². The Morgan fingerprint density at radius 3 is 3.00 bits per heavy atom. The molecule has 4 heteroatoms. The highest BCUT2D eigenvalue weighted by atomic mass is 19.1. The average Bonchev–Trinajstić information content (AvgIpc) is 2.60.